The van der Waals surface area contributed by atoms with Crippen LogP contribution >= 0.6 is 0 Å². The van der Waals surface area contributed by atoms with Gasteiger partial charge in [0.2, 0.25) is 0 Å². The topological polar surface area (TPSA) is 76.0 Å². The van der Waals surface area contributed by atoms with Crippen LogP contribution in [0.15, 0.2) is 12.2 Å². The van der Waals surface area contributed by atoms with Crippen molar-refractivity contribution in [3.05, 3.63) is 12.2 Å². The molecule has 5 nitrogen and oxygen atoms in total. The Morgan fingerprint density at radius 2 is 2.00 bits per heavy atom. The quantitative estimate of drug-likeness (QED) is 0.339. The largest absolute Gasteiger partial charge is 0.462 e. The van der Waals surface area contributed by atoms with Gasteiger partial charge < -0.3 is 19.7 Å². The summed E-state index contributed by atoms with van der Waals surface area (Å²) in [6.07, 6.45) is 0.622. The maximum atomic E-state index is 10.9. The Morgan fingerprint density at radius 3 is 2.56 bits per heavy atom. The second-order valence-electron chi connectivity index (χ2n) is 3.53. The highest BCUT2D eigenvalue weighted by Gasteiger charge is 2.03. The number of aliphatic hydroxyl groups excluding tert-OH is 2. The van der Waals surface area contributed by atoms with Crippen molar-refractivity contribution in [3.8, 4) is 0 Å². The summed E-state index contributed by atoms with van der Waals surface area (Å²) >= 11 is 0. The fourth-order valence-electron chi connectivity index (χ4n) is 0.866. The molecule has 0 bridgehead atoms. The highest BCUT2D eigenvalue weighted by molar-refractivity contribution is 5.86. The maximum absolute atomic E-state index is 10.9. The molecular weight excluding hydrogens is 212 g/mol. The van der Waals surface area contributed by atoms with Crippen LogP contribution in [0.2, 0.25) is 0 Å². The normalized spacial score (nSPS) is 12.2. The number of hydrogen-bond donors (Lipinski definition) is 2. The van der Waals surface area contributed by atoms with Crippen molar-refractivity contribution in [2.75, 3.05) is 26.4 Å². The van der Waals surface area contributed by atoms with Gasteiger partial charge in [0.05, 0.1) is 19.8 Å². The number of hydrogen-bond acceptors (Lipinski definition) is 5. The lowest BCUT2D eigenvalue weighted by Gasteiger charge is -2.08. The van der Waals surface area contributed by atoms with Gasteiger partial charge in [-0.15, -0.1) is 0 Å². The predicted molar refractivity (Wildman–Crippen MR) is 58.9 cm³/mol. The summed E-state index contributed by atoms with van der Waals surface area (Å²) < 4.78 is 9.94. The van der Waals surface area contributed by atoms with E-state index in [0.717, 1.165) is 6.42 Å². The van der Waals surface area contributed by atoms with Crippen molar-refractivity contribution in [1.29, 1.82) is 0 Å². The Hall–Kier alpha value is -0.910. The highest BCUT2D eigenvalue weighted by Crippen LogP contribution is 1.96. The lowest BCUT2D eigenvalue weighted by atomic mass is 10.3. The number of carbonyl (C=O) groups excluding carboxylic acids is 1. The number of carbonyl (C=O) groups is 1. The van der Waals surface area contributed by atoms with Crippen molar-refractivity contribution >= 4 is 5.97 Å². The summed E-state index contributed by atoms with van der Waals surface area (Å²) in [5.74, 6) is -0.378. The van der Waals surface area contributed by atoms with Gasteiger partial charge in [0, 0.05) is 12.2 Å². The third-order valence-electron chi connectivity index (χ3n) is 1.79. The molecule has 0 aromatic heterocycles. The van der Waals surface area contributed by atoms with E-state index in [1.54, 1.807) is 6.92 Å². The maximum Gasteiger partial charge on any atom is 0.333 e. The number of ether oxygens (including phenoxy) is 2. The summed E-state index contributed by atoms with van der Waals surface area (Å²) in [6, 6.07) is 0. The molecule has 0 saturated heterocycles. The van der Waals surface area contributed by atoms with Gasteiger partial charge in [-0.25, -0.2) is 4.79 Å². The van der Waals surface area contributed by atoms with Crippen molar-refractivity contribution in [2.24, 2.45) is 0 Å². The Morgan fingerprint density at radius 1 is 1.38 bits per heavy atom. The Labute approximate surface area is 95.7 Å². The van der Waals surface area contributed by atoms with Crippen molar-refractivity contribution in [3.63, 3.8) is 0 Å². The molecule has 0 aromatic carbocycles. The molecule has 1 unspecified atom stereocenters. The van der Waals surface area contributed by atoms with Crippen LogP contribution in [-0.2, 0) is 14.3 Å². The molecular formula is C11H20O5. The molecule has 2 N–H and O–H groups in total. The van der Waals surface area contributed by atoms with E-state index in [9.17, 15) is 4.79 Å². The molecule has 0 aromatic rings. The first-order chi connectivity index (χ1) is 7.57. The molecule has 0 aliphatic carbocycles. The first kappa shape index (κ1) is 15.1. The van der Waals surface area contributed by atoms with Gasteiger partial charge in [-0.3, -0.25) is 0 Å². The smallest absolute Gasteiger partial charge is 0.333 e. The fraction of sp³-hybridized carbons (Fsp3) is 0.727. The zero-order chi connectivity index (χ0) is 12.4. The molecule has 0 fully saturated rings. The van der Waals surface area contributed by atoms with E-state index in [0.29, 0.717) is 25.2 Å². The summed E-state index contributed by atoms with van der Waals surface area (Å²) in [4.78, 5) is 10.9. The van der Waals surface area contributed by atoms with Gasteiger partial charge >= 0.3 is 5.97 Å². The minimum absolute atomic E-state index is 0.127. The minimum atomic E-state index is -0.818. The summed E-state index contributed by atoms with van der Waals surface area (Å²) in [5, 5.41) is 17.4. The van der Waals surface area contributed by atoms with Gasteiger partial charge in [-0.2, -0.15) is 0 Å². The Balaban J connectivity index is 3.22. The molecule has 5 heteroatoms. The van der Waals surface area contributed by atoms with Crippen molar-refractivity contribution in [1.82, 2.24) is 0 Å². The Bertz CT molecular complexity index is 214. The Kier molecular flexibility index (Phi) is 8.80. The van der Waals surface area contributed by atoms with Crippen LogP contribution in [0.4, 0.5) is 0 Å². The fourth-order valence-corrected chi connectivity index (χ4v) is 0.866. The number of esters is 1. The molecule has 0 aliphatic heterocycles. The van der Waals surface area contributed by atoms with E-state index in [1.165, 1.54) is 0 Å². The first-order valence-corrected chi connectivity index (χ1v) is 5.27. The van der Waals surface area contributed by atoms with Crippen LogP contribution in [0.3, 0.4) is 0 Å². The SMILES string of the molecule is C=C(C)C(=O)OCCCCOCC(O)CO. The van der Waals surface area contributed by atoms with Crippen LogP contribution in [-0.4, -0.2) is 48.7 Å². The van der Waals surface area contributed by atoms with Gasteiger partial charge in [0.15, 0.2) is 0 Å². The van der Waals surface area contributed by atoms with E-state index in [-0.39, 0.29) is 19.2 Å². The monoisotopic (exact) mass is 232 g/mol. The minimum Gasteiger partial charge on any atom is -0.462 e. The summed E-state index contributed by atoms with van der Waals surface area (Å²) in [7, 11) is 0. The number of aliphatic hydroxyl groups is 2. The second-order valence-corrected chi connectivity index (χ2v) is 3.53. The van der Waals surface area contributed by atoms with Crippen molar-refractivity contribution in [2.45, 2.75) is 25.9 Å². The average Bonchev–Trinajstić information content (AvgIpc) is 2.26. The van der Waals surface area contributed by atoms with Crippen LogP contribution in [0, 0.1) is 0 Å². The standard InChI is InChI=1S/C11H20O5/c1-9(2)11(14)16-6-4-3-5-15-8-10(13)7-12/h10,12-13H,1,3-8H2,2H3. The first-order valence-electron chi connectivity index (χ1n) is 5.27. The molecule has 94 valence electrons. The summed E-state index contributed by atoms with van der Waals surface area (Å²) in [6.45, 7) is 5.71. The third-order valence-corrected chi connectivity index (χ3v) is 1.79. The molecule has 0 heterocycles. The van der Waals surface area contributed by atoms with Crippen LogP contribution in [0.25, 0.3) is 0 Å². The highest BCUT2D eigenvalue weighted by atomic mass is 16.5. The van der Waals surface area contributed by atoms with E-state index < -0.39 is 6.10 Å². The second kappa shape index (κ2) is 9.33. The number of rotatable bonds is 9. The average molecular weight is 232 g/mol. The van der Waals surface area contributed by atoms with E-state index >= 15 is 0 Å². The zero-order valence-corrected chi connectivity index (χ0v) is 9.65. The molecule has 16 heavy (non-hydrogen) atoms. The van der Waals surface area contributed by atoms with Crippen LogP contribution in [0.1, 0.15) is 19.8 Å². The molecule has 0 saturated carbocycles. The van der Waals surface area contributed by atoms with Gasteiger partial charge in [-0.05, 0) is 19.8 Å². The predicted octanol–water partition coefficient (Wildman–Crippen LogP) is 0.256. The zero-order valence-electron chi connectivity index (χ0n) is 9.65. The molecule has 0 aliphatic rings. The molecule has 0 spiro atoms. The lowest BCUT2D eigenvalue weighted by molar-refractivity contribution is -0.139. The molecule has 1 atom stereocenters. The van der Waals surface area contributed by atoms with Gasteiger partial charge in [-0.1, -0.05) is 6.58 Å². The van der Waals surface area contributed by atoms with Crippen molar-refractivity contribution < 1.29 is 24.5 Å². The van der Waals surface area contributed by atoms with Crippen LogP contribution in [0.5, 0.6) is 0 Å². The van der Waals surface area contributed by atoms with Gasteiger partial charge in [0.25, 0.3) is 0 Å². The molecule has 0 radical (unpaired) electrons. The van der Waals surface area contributed by atoms with E-state index in [1.807, 2.05) is 0 Å². The van der Waals surface area contributed by atoms with E-state index in [4.69, 9.17) is 19.7 Å². The van der Waals surface area contributed by atoms with Gasteiger partial charge in [0.1, 0.15) is 6.10 Å². The van der Waals surface area contributed by atoms with Crippen LogP contribution < -0.4 is 0 Å². The van der Waals surface area contributed by atoms with E-state index in [2.05, 4.69) is 6.58 Å². The number of unbranched alkanes of at least 4 members (excludes halogenated alkanes) is 1. The molecule has 0 rings (SSSR count). The molecule has 0 amide bonds. The lowest BCUT2D eigenvalue weighted by Crippen LogP contribution is -2.19. The third kappa shape index (κ3) is 8.40. The summed E-state index contributed by atoms with van der Waals surface area (Å²) in [5.41, 5.74) is 0.391.